The molecule has 0 unspecified atom stereocenters. The number of aliphatic hydroxyl groups is 1. The molecule has 1 aromatic heterocycles. The van der Waals surface area contributed by atoms with E-state index in [1.165, 1.54) is 13.0 Å². The molecule has 0 radical (unpaired) electrons. The third-order valence-electron chi connectivity index (χ3n) is 5.71. The number of nitrogens with zero attached hydrogens (tertiary/aromatic N) is 1. The predicted octanol–water partition coefficient (Wildman–Crippen LogP) is 4.45. The molecule has 2 aromatic carbocycles. The second-order valence-corrected chi connectivity index (χ2v) is 8.08. The molecule has 0 spiro atoms. The van der Waals surface area contributed by atoms with E-state index < -0.39 is 12.3 Å². The molecule has 0 aliphatic carbocycles. The number of fused-ring (bicyclic) bond motifs is 1. The molecule has 1 aliphatic rings. The molecule has 3 aromatic rings. The zero-order chi connectivity index (χ0) is 24.1. The van der Waals surface area contributed by atoms with Gasteiger partial charge in [-0.3, -0.25) is 9.36 Å². The van der Waals surface area contributed by atoms with Gasteiger partial charge in [-0.25, -0.2) is 4.79 Å². The molecule has 0 bridgehead atoms. The van der Waals surface area contributed by atoms with Gasteiger partial charge in [0.1, 0.15) is 6.61 Å². The molecule has 1 aliphatic heterocycles. The molecule has 2 atom stereocenters. The van der Waals surface area contributed by atoms with Crippen LogP contribution in [0.5, 0.6) is 0 Å². The van der Waals surface area contributed by atoms with Gasteiger partial charge in [0.05, 0.1) is 18.7 Å². The third kappa shape index (κ3) is 5.11. The number of aromatic nitrogens is 1. The van der Waals surface area contributed by atoms with Gasteiger partial charge in [0.15, 0.2) is 0 Å². The highest BCUT2D eigenvalue weighted by Crippen LogP contribution is 2.37. The topological polar surface area (TPSA) is 87.0 Å². The van der Waals surface area contributed by atoms with E-state index in [1.54, 1.807) is 10.6 Å². The molecule has 7 heteroatoms. The van der Waals surface area contributed by atoms with E-state index in [0.717, 1.165) is 27.6 Å². The highest BCUT2D eigenvalue weighted by molar-refractivity contribution is 5.94. The second kappa shape index (κ2) is 10.5. The minimum Gasteiger partial charge on any atom is -0.458 e. The number of benzene rings is 2. The Labute approximate surface area is 197 Å². The van der Waals surface area contributed by atoms with Crippen LogP contribution in [0.3, 0.4) is 0 Å². The lowest BCUT2D eigenvalue weighted by Crippen LogP contribution is -2.27. The summed E-state index contributed by atoms with van der Waals surface area (Å²) in [4.78, 5) is 24.8. The fourth-order valence-corrected chi connectivity index (χ4v) is 4.02. The summed E-state index contributed by atoms with van der Waals surface area (Å²) in [7, 11) is 0. The average Bonchev–Trinajstić information content (AvgIpc) is 3.26. The smallest absolute Gasteiger partial charge is 0.373 e. The summed E-state index contributed by atoms with van der Waals surface area (Å²) in [5.41, 5.74) is 3.44. The van der Waals surface area contributed by atoms with Crippen molar-refractivity contribution in [2.24, 2.45) is 0 Å². The van der Waals surface area contributed by atoms with Gasteiger partial charge < -0.3 is 19.3 Å². The van der Waals surface area contributed by atoms with Gasteiger partial charge in [0.2, 0.25) is 18.0 Å². The van der Waals surface area contributed by atoms with Crippen LogP contribution in [0.2, 0.25) is 0 Å². The number of hydrogen-bond acceptors (Lipinski definition) is 6. The summed E-state index contributed by atoms with van der Waals surface area (Å²) in [5.74, 6) is -0.852. The van der Waals surface area contributed by atoms with Crippen LogP contribution in [0.1, 0.15) is 40.7 Å². The van der Waals surface area contributed by atoms with Crippen LogP contribution >= 0.6 is 0 Å². The molecule has 0 amide bonds. The van der Waals surface area contributed by atoms with Crippen LogP contribution in [-0.4, -0.2) is 34.4 Å². The van der Waals surface area contributed by atoms with E-state index >= 15 is 0 Å². The maximum absolute atomic E-state index is 12.6. The highest BCUT2D eigenvalue weighted by Gasteiger charge is 2.31. The SMILES string of the molecule is C=CCOC(=O)C1=C[C@H](c2cn(C(C)=O)c3ccccc23)C[C@H](OCc2ccc(CO)cc2)O1. The van der Waals surface area contributed by atoms with Crippen molar-refractivity contribution in [3.63, 3.8) is 0 Å². The summed E-state index contributed by atoms with van der Waals surface area (Å²) in [6.45, 7) is 5.40. The zero-order valence-corrected chi connectivity index (χ0v) is 19.0. The average molecular weight is 462 g/mol. The Morgan fingerprint density at radius 2 is 1.91 bits per heavy atom. The lowest BCUT2D eigenvalue weighted by atomic mass is 9.92. The Balaban J connectivity index is 1.62. The first-order valence-electron chi connectivity index (χ1n) is 11.1. The fraction of sp³-hybridized carbons (Fsp3) is 0.259. The van der Waals surface area contributed by atoms with E-state index in [-0.39, 0.29) is 37.4 Å². The highest BCUT2D eigenvalue weighted by atomic mass is 16.7. The quantitative estimate of drug-likeness (QED) is 0.394. The monoisotopic (exact) mass is 461 g/mol. The van der Waals surface area contributed by atoms with Crippen LogP contribution in [0.25, 0.3) is 10.9 Å². The van der Waals surface area contributed by atoms with Gasteiger partial charge >= 0.3 is 5.97 Å². The van der Waals surface area contributed by atoms with E-state index in [4.69, 9.17) is 14.2 Å². The normalized spacial score (nSPS) is 17.6. The molecule has 2 heterocycles. The Kier molecular flexibility index (Phi) is 7.25. The number of carbonyl (C=O) groups is 2. The molecule has 7 nitrogen and oxygen atoms in total. The second-order valence-electron chi connectivity index (χ2n) is 8.08. The van der Waals surface area contributed by atoms with Crippen LogP contribution in [0, 0.1) is 0 Å². The van der Waals surface area contributed by atoms with Crippen molar-refractivity contribution in [3.8, 4) is 0 Å². The van der Waals surface area contributed by atoms with Crippen molar-refractivity contribution in [2.45, 2.75) is 38.8 Å². The zero-order valence-electron chi connectivity index (χ0n) is 19.0. The number of carbonyl (C=O) groups excluding carboxylic acids is 2. The van der Waals surface area contributed by atoms with E-state index in [1.807, 2.05) is 54.7 Å². The Morgan fingerprint density at radius 3 is 2.62 bits per heavy atom. The summed E-state index contributed by atoms with van der Waals surface area (Å²) >= 11 is 0. The van der Waals surface area contributed by atoms with Crippen molar-refractivity contribution >= 4 is 22.8 Å². The summed E-state index contributed by atoms with van der Waals surface area (Å²) < 4.78 is 18.7. The van der Waals surface area contributed by atoms with E-state index in [9.17, 15) is 14.7 Å². The molecule has 1 N–H and O–H groups in total. The van der Waals surface area contributed by atoms with Gasteiger partial charge in [-0.05, 0) is 28.8 Å². The standard InChI is InChI=1S/C27H27NO6/c1-3-12-32-27(31)25-13-21(23-15-28(18(2)30)24-7-5-4-6-22(23)24)14-26(34-25)33-17-20-10-8-19(16-29)9-11-20/h3-11,13,15,21,26,29H,1,12,14,16-17H2,2H3/t21-,26+/m0/s1. The van der Waals surface area contributed by atoms with Gasteiger partial charge in [-0.2, -0.15) is 0 Å². The first-order valence-corrected chi connectivity index (χ1v) is 11.1. The molecule has 34 heavy (non-hydrogen) atoms. The lowest BCUT2D eigenvalue weighted by molar-refractivity contribution is -0.163. The number of ether oxygens (including phenoxy) is 3. The van der Waals surface area contributed by atoms with Crippen molar-refractivity contribution in [3.05, 3.63) is 95.9 Å². The fourth-order valence-electron chi connectivity index (χ4n) is 4.02. The number of hydrogen-bond donors (Lipinski definition) is 1. The molecule has 176 valence electrons. The molecule has 4 rings (SSSR count). The van der Waals surface area contributed by atoms with Gasteiger partial charge in [-0.15, -0.1) is 0 Å². The molecular formula is C27H27NO6. The van der Waals surface area contributed by atoms with Gasteiger partial charge in [-0.1, -0.05) is 55.1 Å². The van der Waals surface area contributed by atoms with Crippen molar-refractivity contribution in [1.29, 1.82) is 0 Å². The van der Waals surface area contributed by atoms with Crippen molar-refractivity contribution in [2.75, 3.05) is 6.61 Å². The van der Waals surface area contributed by atoms with Crippen molar-refractivity contribution in [1.82, 2.24) is 4.57 Å². The van der Waals surface area contributed by atoms with E-state index in [0.29, 0.717) is 6.42 Å². The van der Waals surface area contributed by atoms with Crippen LogP contribution in [0.15, 0.2) is 79.2 Å². The first kappa shape index (κ1) is 23.5. The third-order valence-corrected chi connectivity index (χ3v) is 5.71. The largest absolute Gasteiger partial charge is 0.458 e. The summed E-state index contributed by atoms with van der Waals surface area (Å²) in [5, 5.41) is 10.2. The summed E-state index contributed by atoms with van der Waals surface area (Å²) in [6, 6.07) is 15.1. The number of allylic oxidation sites excluding steroid dienone is 1. The first-order chi connectivity index (χ1) is 16.5. The Morgan fingerprint density at radius 1 is 1.18 bits per heavy atom. The molecule has 0 saturated carbocycles. The predicted molar refractivity (Wildman–Crippen MR) is 127 cm³/mol. The number of para-hydroxylation sites is 1. The van der Waals surface area contributed by atoms with Crippen LogP contribution < -0.4 is 0 Å². The lowest BCUT2D eigenvalue weighted by Gasteiger charge is -2.28. The van der Waals surface area contributed by atoms with Crippen LogP contribution in [0.4, 0.5) is 0 Å². The number of esters is 1. The minimum absolute atomic E-state index is 0.0244. The molecule has 0 saturated heterocycles. The number of aliphatic hydroxyl groups excluding tert-OH is 1. The van der Waals surface area contributed by atoms with Crippen LogP contribution in [-0.2, 0) is 32.2 Å². The maximum Gasteiger partial charge on any atom is 0.373 e. The molecular weight excluding hydrogens is 434 g/mol. The van der Waals surface area contributed by atoms with Crippen molar-refractivity contribution < 1.29 is 28.9 Å². The Bertz CT molecular complexity index is 1220. The minimum atomic E-state index is -0.696. The number of rotatable bonds is 8. The van der Waals surface area contributed by atoms with Gasteiger partial charge in [0.25, 0.3) is 0 Å². The van der Waals surface area contributed by atoms with Gasteiger partial charge in [0, 0.05) is 30.8 Å². The Hall–Kier alpha value is -3.68. The molecule has 0 fully saturated rings. The van der Waals surface area contributed by atoms with E-state index in [2.05, 4.69) is 6.58 Å². The maximum atomic E-state index is 12.6. The summed E-state index contributed by atoms with van der Waals surface area (Å²) in [6.07, 6.45) is 4.80.